The number of hydrogen-bond donors (Lipinski definition) is 0. The Morgan fingerprint density at radius 1 is 0.755 bits per heavy atom. The summed E-state index contributed by atoms with van der Waals surface area (Å²) in [7, 11) is 6.39. The molecule has 0 spiro atoms. The highest BCUT2D eigenvalue weighted by atomic mass is 19.2. The van der Waals surface area contributed by atoms with Crippen molar-refractivity contribution in [2.24, 2.45) is 0 Å². The van der Waals surface area contributed by atoms with Gasteiger partial charge in [0.25, 0.3) is 0 Å². The second-order valence-electron chi connectivity index (χ2n) is 12.0. The second-order valence-corrected chi connectivity index (χ2v) is 12.0. The Bertz CT molecular complexity index is 1870. The lowest BCUT2D eigenvalue weighted by Crippen LogP contribution is -2.44. The molecule has 3 heterocycles. The Balaban J connectivity index is 1.23. The molecule has 49 heavy (non-hydrogen) atoms. The summed E-state index contributed by atoms with van der Waals surface area (Å²) in [5, 5.41) is 0. The average molecular weight is 667 g/mol. The van der Waals surface area contributed by atoms with Crippen LogP contribution in [-0.4, -0.2) is 62.4 Å². The van der Waals surface area contributed by atoms with E-state index >= 15 is 0 Å². The molecular weight excluding hydrogens is 626 g/mol. The number of anilines is 1. The first kappa shape index (κ1) is 33.7. The maximum atomic E-state index is 14.6. The molecule has 0 atom stereocenters. The van der Waals surface area contributed by atoms with Gasteiger partial charge in [-0.05, 0) is 78.1 Å². The maximum absolute atomic E-state index is 14.6. The summed E-state index contributed by atoms with van der Waals surface area (Å²) in [5.41, 5.74) is 6.39. The van der Waals surface area contributed by atoms with Crippen LogP contribution < -0.4 is 23.8 Å². The molecule has 0 N–H and O–H groups in total. The third-order valence-electron chi connectivity index (χ3n) is 9.02. The third-order valence-corrected chi connectivity index (χ3v) is 9.02. The first-order valence-corrected chi connectivity index (χ1v) is 16.2. The van der Waals surface area contributed by atoms with Crippen molar-refractivity contribution in [3.63, 3.8) is 0 Å². The molecule has 0 bridgehead atoms. The maximum Gasteiger partial charge on any atom is 0.203 e. The molecule has 6 rings (SSSR count). The predicted octanol–water partition coefficient (Wildman–Crippen LogP) is 7.79. The van der Waals surface area contributed by atoms with Gasteiger partial charge in [-0.3, -0.25) is 14.9 Å². The number of methoxy groups -OCH3 is 4. The van der Waals surface area contributed by atoms with Crippen LogP contribution in [0.4, 0.5) is 14.5 Å². The molecule has 0 unspecified atom stereocenters. The van der Waals surface area contributed by atoms with E-state index in [9.17, 15) is 8.78 Å². The molecule has 1 aliphatic rings. The normalized spacial score (nSPS) is 13.6. The van der Waals surface area contributed by atoms with Crippen molar-refractivity contribution in [1.82, 2.24) is 14.9 Å². The van der Waals surface area contributed by atoms with Gasteiger partial charge >= 0.3 is 0 Å². The van der Waals surface area contributed by atoms with Crippen molar-refractivity contribution in [2.45, 2.75) is 32.0 Å². The zero-order valence-electron chi connectivity index (χ0n) is 28.2. The Morgan fingerprint density at radius 2 is 1.53 bits per heavy atom. The standard InChI is InChI=1S/C39H40F2N4O4/c1-46-32-8-5-7-27(18-32)33-9-6-14-43-36(33)25-44-15-12-30(13-16-44)45(31-10-11-34(40)35(41)21-31)24-26-17-29(23-42-22-26)28-19-37(47-2)39(49-4)38(20-28)48-3/h5-11,14,17-23,30H,12-13,15-16,24-25H2,1-4H3. The fraction of sp³-hybridized carbons (Fsp3) is 0.282. The number of likely N-dealkylation sites (tertiary alicyclic amines) is 1. The SMILES string of the molecule is COc1cccc(-c2cccnc2CN2CCC(N(Cc3cncc(-c4cc(OC)c(OC)c(OC)c4)c3)c3ccc(F)c(F)c3)CC2)c1. The Morgan fingerprint density at radius 3 is 2.22 bits per heavy atom. The number of hydrogen-bond acceptors (Lipinski definition) is 8. The van der Waals surface area contributed by atoms with Gasteiger partial charge in [-0.15, -0.1) is 0 Å². The van der Waals surface area contributed by atoms with Crippen LogP contribution in [-0.2, 0) is 13.1 Å². The van der Waals surface area contributed by atoms with Crippen LogP contribution in [0.5, 0.6) is 23.0 Å². The van der Waals surface area contributed by atoms with Crippen LogP contribution in [0.25, 0.3) is 22.3 Å². The molecule has 3 aromatic carbocycles. The summed E-state index contributed by atoms with van der Waals surface area (Å²) in [6.07, 6.45) is 7.09. The van der Waals surface area contributed by atoms with Gasteiger partial charge < -0.3 is 23.8 Å². The first-order valence-electron chi connectivity index (χ1n) is 16.2. The van der Waals surface area contributed by atoms with E-state index in [1.807, 2.05) is 48.8 Å². The molecule has 8 nitrogen and oxygen atoms in total. The highest BCUT2D eigenvalue weighted by molar-refractivity contribution is 5.71. The number of ether oxygens (including phenoxy) is 4. The van der Waals surface area contributed by atoms with Crippen molar-refractivity contribution < 1.29 is 27.7 Å². The Kier molecular flexibility index (Phi) is 10.5. The van der Waals surface area contributed by atoms with Gasteiger partial charge in [0, 0.05) is 73.7 Å². The van der Waals surface area contributed by atoms with Crippen LogP contribution in [0.1, 0.15) is 24.1 Å². The first-order chi connectivity index (χ1) is 23.9. The van der Waals surface area contributed by atoms with E-state index in [0.717, 1.165) is 65.2 Å². The lowest BCUT2D eigenvalue weighted by Gasteiger charge is -2.40. The summed E-state index contributed by atoms with van der Waals surface area (Å²) in [6.45, 7) is 2.80. The quantitative estimate of drug-likeness (QED) is 0.134. The van der Waals surface area contributed by atoms with Gasteiger partial charge in [0.2, 0.25) is 5.75 Å². The van der Waals surface area contributed by atoms with Crippen molar-refractivity contribution in [3.05, 3.63) is 114 Å². The van der Waals surface area contributed by atoms with Crippen LogP contribution in [0.15, 0.2) is 91.4 Å². The fourth-order valence-corrected chi connectivity index (χ4v) is 6.49. The lowest BCUT2D eigenvalue weighted by molar-refractivity contribution is 0.199. The summed E-state index contributed by atoms with van der Waals surface area (Å²) in [6, 6.07) is 22.1. The van der Waals surface area contributed by atoms with Crippen molar-refractivity contribution in [3.8, 4) is 45.3 Å². The van der Waals surface area contributed by atoms with Crippen LogP contribution in [0.2, 0.25) is 0 Å². The summed E-state index contributed by atoms with van der Waals surface area (Å²) in [5.74, 6) is 0.650. The number of nitrogens with zero attached hydrogens (tertiary/aromatic N) is 4. The Labute approximate surface area is 285 Å². The molecule has 1 aliphatic heterocycles. The minimum absolute atomic E-state index is 0.0903. The van der Waals surface area contributed by atoms with Crippen LogP contribution in [0.3, 0.4) is 0 Å². The molecule has 0 amide bonds. The van der Waals surface area contributed by atoms with Gasteiger partial charge in [0.05, 0.1) is 34.1 Å². The summed E-state index contributed by atoms with van der Waals surface area (Å²) in [4.78, 5) is 13.9. The number of halogens is 2. The molecule has 2 aromatic heterocycles. The topological polar surface area (TPSA) is 69.2 Å². The molecule has 0 radical (unpaired) electrons. The largest absolute Gasteiger partial charge is 0.497 e. The molecule has 0 aliphatic carbocycles. The molecular formula is C39H40F2N4O4. The number of rotatable bonds is 12. The van der Waals surface area contributed by atoms with E-state index in [1.165, 1.54) is 12.1 Å². The number of aromatic nitrogens is 2. The predicted molar refractivity (Wildman–Crippen MR) is 186 cm³/mol. The molecule has 5 aromatic rings. The monoisotopic (exact) mass is 666 g/mol. The van der Waals surface area contributed by atoms with Crippen molar-refractivity contribution in [1.29, 1.82) is 0 Å². The summed E-state index contributed by atoms with van der Waals surface area (Å²) >= 11 is 0. The highest BCUT2D eigenvalue weighted by Gasteiger charge is 2.27. The lowest BCUT2D eigenvalue weighted by atomic mass is 9.99. The van der Waals surface area contributed by atoms with E-state index in [0.29, 0.717) is 36.0 Å². The van der Waals surface area contributed by atoms with Gasteiger partial charge in [-0.25, -0.2) is 8.78 Å². The van der Waals surface area contributed by atoms with E-state index in [2.05, 4.69) is 33.0 Å². The fourth-order valence-electron chi connectivity index (χ4n) is 6.49. The minimum Gasteiger partial charge on any atom is -0.497 e. The van der Waals surface area contributed by atoms with E-state index < -0.39 is 11.6 Å². The molecule has 0 saturated carbocycles. The van der Waals surface area contributed by atoms with Gasteiger partial charge in [-0.1, -0.05) is 18.2 Å². The van der Waals surface area contributed by atoms with Crippen molar-refractivity contribution >= 4 is 5.69 Å². The molecule has 254 valence electrons. The number of piperidine rings is 1. The number of benzene rings is 3. The Hall–Kier alpha value is -5.22. The van der Waals surface area contributed by atoms with Crippen LogP contribution in [0, 0.1) is 11.6 Å². The third kappa shape index (κ3) is 7.60. The summed E-state index contributed by atoms with van der Waals surface area (Å²) < 4.78 is 50.7. The molecule has 1 saturated heterocycles. The van der Waals surface area contributed by atoms with E-state index in [4.69, 9.17) is 23.9 Å². The zero-order valence-corrected chi connectivity index (χ0v) is 28.2. The second kappa shape index (κ2) is 15.3. The van der Waals surface area contributed by atoms with Crippen molar-refractivity contribution in [2.75, 3.05) is 46.4 Å². The van der Waals surface area contributed by atoms with Gasteiger partial charge in [-0.2, -0.15) is 0 Å². The molecule has 10 heteroatoms. The van der Waals surface area contributed by atoms with E-state index in [-0.39, 0.29) is 6.04 Å². The number of pyridine rings is 2. The van der Waals surface area contributed by atoms with Gasteiger partial charge in [0.1, 0.15) is 5.75 Å². The molecule has 1 fully saturated rings. The van der Waals surface area contributed by atoms with E-state index in [1.54, 1.807) is 40.7 Å². The average Bonchev–Trinajstić information content (AvgIpc) is 3.15. The van der Waals surface area contributed by atoms with Crippen LogP contribution >= 0.6 is 0 Å². The highest BCUT2D eigenvalue weighted by Crippen LogP contribution is 2.41. The minimum atomic E-state index is -0.871. The smallest absolute Gasteiger partial charge is 0.203 e. The van der Waals surface area contributed by atoms with Gasteiger partial charge in [0.15, 0.2) is 23.1 Å². The zero-order chi connectivity index (χ0) is 34.3.